The van der Waals surface area contributed by atoms with Crippen LogP contribution in [-0.4, -0.2) is 36.1 Å². The predicted molar refractivity (Wildman–Crippen MR) is 55.7 cm³/mol. The molecule has 0 aliphatic heterocycles. The minimum absolute atomic E-state index is 0.717. The van der Waals surface area contributed by atoms with Crippen LogP contribution in [0.2, 0.25) is 6.04 Å². The second-order valence-corrected chi connectivity index (χ2v) is 6.12. The van der Waals surface area contributed by atoms with Crippen LogP contribution in [0.15, 0.2) is 5.57 Å². The Hall–Kier alpha value is -0.453. The molecule has 0 aliphatic carbocycles. The third-order valence-corrected chi connectivity index (χ3v) is 4.97. The average molecular weight is 218 g/mol. The van der Waals surface area contributed by atoms with Crippen LogP contribution in [0.4, 0.5) is 0 Å². The van der Waals surface area contributed by atoms with Crippen molar-refractivity contribution in [3.8, 4) is 0 Å². The van der Waals surface area contributed by atoms with E-state index in [9.17, 15) is 4.79 Å². The van der Waals surface area contributed by atoms with Crippen LogP contribution in [0.25, 0.3) is 0 Å². The molecule has 4 nitrogen and oxygen atoms in total. The van der Waals surface area contributed by atoms with Crippen molar-refractivity contribution < 1.29 is 18.1 Å². The van der Waals surface area contributed by atoms with Gasteiger partial charge in [0.2, 0.25) is 0 Å². The highest BCUT2D eigenvalue weighted by Gasteiger charge is 2.36. The van der Waals surface area contributed by atoms with Gasteiger partial charge < -0.3 is 13.3 Å². The summed E-state index contributed by atoms with van der Waals surface area (Å²) in [6, 6.07) is 0.718. The number of carbonyl (C=O) groups excluding carboxylic acids is 1. The lowest BCUT2D eigenvalue weighted by molar-refractivity contribution is 0.123. The van der Waals surface area contributed by atoms with Crippen LogP contribution in [0.1, 0.15) is 19.8 Å². The maximum absolute atomic E-state index is 10.2. The van der Waals surface area contributed by atoms with Crippen LogP contribution in [0, 0.1) is 0 Å². The topological polar surface area (TPSA) is 44.8 Å². The minimum Gasteiger partial charge on any atom is -0.377 e. The van der Waals surface area contributed by atoms with Gasteiger partial charge in [0.25, 0.3) is 0 Å². The molecule has 0 amide bonds. The van der Waals surface area contributed by atoms with Crippen molar-refractivity contribution in [3.05, 3.63) is 5.57 Å². The molecule has 0 N–H and O–H groups in total. The molecular formula is C9H18O4Si. The van der Waals surface area contributed by atoms with E-state index < -0.39 is 8.80 Å². The zero-order valence-electron chi connectivity index (χ0n) is 9.25. The summed E-state index contributed by atoms with van der Waals surface area (Å²) < 4.78 is 15.7. The fourth-order valence-corrected chi connectivity index (χ4v) is 2.90. The highest BCUT2D eigenvalue weighted by atomic mass is 28.4. The smallest absolute Gasteiger partial charge is 0.377 e. The van der Waals surface area contributed by atoms with Gasteiger partial charge in [-0.2, -0.15) is 0 Å². The van der Waals surface area contributed by atoms with Gasteiger partial charge in [-0.25, -0.2) is 4.79 Å². The molecule has 0 aromatic heterocycles. The van der Waals surface area contributed by atoms with E-state index >= 15 is 0 Å². The summed E-state index contributed by atoms with van der Waals surface area (Å²) in [5.74, 6) is 1.86. The van der Waals surface area contributed by atoms with Gasteiger partial charge >= 0.3 is 8.80 Å². The Bertz CT molecular complexity index is 199. The number of rotatable bonds is 7. The van der Waals surface area contributed by atoms with E-state index in [1.807, 2.05) is 5.94 Å². The lowest BCUT2D eigenvalue weighted by atomic mass is 10.2. The standard InChI is InChI=1S/C9H18O4Si/c1-9(8-10)6-5-7-14(11-2,12-3)13-4/h5-7H2,1-4H3. The normalized spacial score (nSPS) is 11.1. The van der Waals surface area contributed by atoms with E-state index in [1.165, 1.54) is 0 Å². The van der Waals surface area contributed by atoms with E-state index in [2.05, 4.69) is 0 Å². The van der Waals surface area contributed by atoms with E-state index in [0.29, 0.717) is 6.42 Å². The molecule has 0 rings (SSSR count). The lowest BCUT2D eigenvalue weighted by Gasteiger charge is -2.24. The molecule has 14 heavy (non-hydrogen) atoms. The first-order valence-corrected chi connectivity index (χ1v) is 6.43. The van der Waals surface area contributed by atoms with Gasteiger partial charge in [-0.1, -0.05) is 0 Å². The molecule has 5 heteroatoms. The first-order valence-electron chi connectivity index (χ1n) is 4.50. The average Bonchev–Trinajstić information content (AvgIpc) is 2.25. The lowest BCUT2D eigenvalue weighted by Crippen LogP contribution is -2.42. The summed E-state index contributed by atoms with van der Waals surface area (Å²) >= 11 is 0. The second kappa shape index (κ2) is 6.92. The largest absolute Gasteiger partial charge is 0.500 e. The van der Waals surface area contributed by atoms with Crippen LogP contribution >= 0.6 is 0 Å². The first-order chi connectivity index (χ1) is 6.64. The summed E-state index contributed by atoms with van der Waals surface area (Å²) in [5.41, 5.74) is 0.719. The van der Waals surface area contributed by atoms with Crippen molar-refractivity contribution in [2.45, 2.75) is 25.8 Å². The van der Waals surface area contributed by atoms with E-state index in [4.69, 9.17) is 13.3 Å². The fourth-order valence-electron chi connectivity index (χ4n) is 1.18. The molecule has 0 spiro atoms. The third kappa shape index (κ3) is 4.17. The molecule has 0 unspecified atom stereocenters. The van der Waals surface area contributed by atoms with Gasteiger partial charge in [-0.15, -0.1) is 0 Å². The zero-order valence-corrected chi connectivity index (χ0v) is 10.3. The van der Waals surface area contributed by atoms with Crippen LogP contribution < -0.4 is 0 Å². The molecule has 0 saturated carbocycles. The molecule has 0 heterocycles. The van der Waals surface area contributed by atoms with Gasteiger partial charge in [-0.3, -0.25) is 0 Å². The fraction of sp³-hybridized carbons (Fsp3) is 0.778. The quantitative estimate of drug-likeness (QED) is 0.479. The molecule has 0 radical (unpaired) electrons. The Morgan fingerprint density at radius 1 is 1.21 bits per heavy atom. The second-order valence-electron chi connectivity index (χ2n) is 3.03. The van der Waals surface area contributed by atoms with Gasteiger partial charge in [-0.05, 0) is 19.8 Å². The molecular weight excluding hydrogens is 200 g/mol. The number of allylic oxidation sites excluding steroid dienone is 1. The molecule has 0 saturated heterocycles. The summed E-state index contributed by atoms with van der Waals surface area (Å²) in [4.78, 5) is 10.2. The van der Waals surface area contributed by atoms with Crippen molar-refractivity contribution >= 4 is 14.7 Å². The van der Waals surface area contributed by atoms with Crippen molar-refractivity contribution in [1.29, 1.82) is 0 Å². The Labute approximate surface area is 86.2 Å². The van der Waals surface area contributed by atoms with E-state index in [1.54, 1.807) is 28.3 Å². The SMILES string of the molecule is CO[Si](CCCC(C)=C=O)(OC)OC. The molecule has 0 fully saturated rings. The highest BCUT2D eigenvalue weighted by molar-refractivity contribution is 6.60. The summed E-state index contributed by atoms with van der Waals surface area (Å²) in [6.45, 7) is 1.77. The maximum Gasteiger partial charge on any atom is 0.500 e. The monoisotopic (exact) mass is 218 g/mol. The molecule has 0 atom stereocenters. The van der Waals surface area contributed by atoms with Gasteiger partial charge in [0.15, 0.2) is 0 Å². The van der Waals surface area contributed by atoms with Crippen LogP contribution in [-0.2, 0) is 18.1 Å². The minimum atomic E-state index is -2.44. The zero-order chi connectivity index (χ0) is 11.0. The van der Waals surface area contributed by atoms with Crippen molar-refractivity contribution in [3.63, 3.8) is 0 Å². The highest BCUT2D eigenvalue weighted by Crippen LogP contribution is 2.17. The van der Waals surface area contributed by atoms with Crippen molar-refractivity contribution in [1.82, 2.24) is 0 Å². The number of hydrogen-bond donors (Lipinski definition) is 0. The Morgan fingerprint density at radius 3 is 2.07 bits per heavy atom. The molecule has 0 bridgehead atoms. The van der Waals surface area contributed by atoms with Gasteiger partial charge in [0.1, 0.15) is 5.94 Å². The van der Waals surface area contributed by atoms with Crippen LogP contribution in [0.5, 0.6) is 0 Å². The van der Waals surface area contributed by atoms with Gasteiger partial charge in [0.05, 0.1) is 0 Å². The first kappa shape index (κ1) is 13.5. The van der Waals surface area contributed by atoms with E-state index in [0.717, 1.165) is 18.0 Å². The van der Waals surface area contributed by atoms with Crippen LogP contribution in [0.3, 0.4) is 0 Å². The third-order valence-electron chi connectivity index (χ3n) is 2.14. The Morgan fingerprint density at radius 2 is 1.71 bits per heavy atom. The number of hydrogen-bond acceptors (Lipinski definition) is 4. The van der Waals surface area contributed by atoms with E-state index in [-0.39, 0.29) is 0 Å². The maximum atomic E-state index is 10.2. The van der Waals surface area contributed by atoms with Crippen molar-refractivity contribution in [2.75, 3.05) is 21.3 Å². The van der Waals surface area contributed by atoms with Gasteiger partial charge in [0, 0.05) is 32.9 Å². The molecule has 82 valence electrons. The summed E-state index contributed by atoms with van der Waals surface area (Å²) in [7, 11) is 2.31. The molecule has 0 aliphatic rings. The summed E-state index contributed by atoms with van der Waals surface area (Å²) in [6.07, 6.45) is 1.54. The Kier molecular flexibility index (Phi) is 6.70. The predicted octanol–water partition coefficient (Wildman–Crippen LogP) is 1.42. The van der Waals surface area contributed by atoms with Crippen molar-refractivity contribution in [2.24, 2.45) is 0 Å². The Balaban J connectivity index is 4.00. The molecule has 0 aromatic carbocycles. The summed E-state index contributed by atoms with van der Waals surface area (Å²) in [5, 5.41) is 0. The molecule has 0 aromatic rings.